The van der Waals surface area contributed by atoms with E-state index in [1.54, 1.807) is 38.3 Å². The Balaban J connectivity index is 0.000000195. The number of amides is 1. The summed E-state index contributed by atoms with van der Waals surface area (Å²) in [7, 11) is 5.17. The highest BCUT2D eigenvalue weighted by Crippen LogP contribution is 2.30. The van der Waals surface area contributed by atoms with Gasteiger partial charge < -0.3 is 15.0 Å². The molecule has 0 saturated heterocycles. The quantitative estimate of drug-likeness (QED) is 0.318. The number of methoxy groups -OCH3 is 1. The third-order valence-corrected chi connectivity index (χ3v) is 5.88. The normalized spacial score (nSPS) is 13.0. The molecule has 5 rings (SSSR count). The standard InChI is InChI=1S/C18H17F2N3.C11H13NO2/c1-23(2)11-14-15(19)9-12(10-16(14)20)7-8-18-13-5-3-4-6-17(13)21-22-18;1-14-10-6-4-9(5-7-10)12-11(13)8-2-3-8/h3-10H,11H2,1-2H3,(H,21,22);4-8H,2-3H2,1H3,(H,12,13)/b8-7+;. The molecule has 192 valence electrons. The summed E-state index contributed by atoms with van der Waals surface area (Å²) < 4.78 is 33.2. The van der Waals surface area contributed by atoms with Gasteiger partial charge >= 0.3 is 0 Å². The zero-order chi connectivity index (χ0) is 26.4. The van der Waals surface area contributed by atoms with E-state index in [1.807, 2.05) is 48.5 Å². The summed E-state index contributed by atoms with van der Waals surface area (Å²) in [6, 6.07) is 17.8. The van der Waals surface area contributed by atoms with Gasteiger partial charge in [0, 0.05) is 29.1 Å². The molecule has 37 heavy (non-hydrogen) atoms. The summed E-state index contributed by atoms with van der Waals surface area (Å²) in [5.41, 5.74) is 3.04. The Morgan fingerprint density at radius 3 is 2.38 bits per heavy atom. The molecule has 1 amide bonds. The molecule has 1 saturated carbocycles. The molecule has 0 unspecified atom stereocenters. The van der Waals surface area contributed by atoms with Crippen LogP contribution in [-0.2, 0) is 11.3 Å². The van der Waals surface area contributed by atoms with Crippen LogP contribution in [0.5, 0.6) is 5.75 Å². The fraction of sp³-hybridized carbons (Fsp3) is 0.241. The molecule has 0 atom stereocenters. The van der Waals surface area contributed by atoms with Crippen LogP contribution in [0.3, 0.4) is 0 Å². The van der Waals surface area contributed by atoms with E-state index < -0.39 is 11.6 Å². The Labute approximate surface area is 215 Å². The molecule has 4 aromatic rings. The molecule has 3 aromatic carbocycles. The largest absolute Gasteiger partial charge is 0.497 e. The Morgan fingerprint density at radius 1 is 1.08 bits per heavy atom. The SMILES string of the molecule is CN(C)Cc1c(F)cc(/C=C/c2n[nH]c3ccccc23)cc1F.COc1ccc(NC(=O)C2CC2)cc1. The number of nitrogens with zero attached hydrogens (tertiary/aromatic N) is 2. The molecule has 2 N–H and O–H groups in total. The van der Waals surface area contributed by atoms with Gasteiger partial charge in [-0.2, -0.15) is 5.10 Å². The van der Waals surface area contributed by atoms with Gasteiger partial charge in [0.2, 0.25) is 5.91 Å². The van der Waals surface area contributed by atoms with Crippen LogP contribution >= 0.6 is 0 Å². The number of nitrogens with one attached hydrogen (secondary N) is 2. The number of halogens is 2. The minimum Gasteiger partial charge on any atom is -0.497 e. The third-order valence-electron chi connectivity index (χ3n) is 5.88. The highest BCUT2D eigenvalue weighted by molar-refractivity contribution is 5.94. The van der Waals surface area contributed by atoms with Crippen molar-refractivity contribution in [3.63, 3.8) is 0 Å². The summed E-state index contributed by atoms with van der Waals surface area (Å²) in [6.45, 7) is 0.228. The predicted molar refractivity (Wildman–Crippen MR) is 143 cm³/mol. The number of hydrogen-bond acceptors (Lipinski definition) is 4. The number of para-hydroxylation sites is 1. The van der Waals surface area contributed by atoms with Gasteiger partial charge in [0.15, 0.2) is 0 Å². The first-order valence-corrected chi connectivity index (χ1v) is 12.0. The number of ether oxygens (including phenoxy) is 1. The Kier molecular flexibility index (Phi) is 8.30. The van der Waals surface area contributed by atoms with E-state index in [0.29, 0.717) is 5.56 Å². The molecular weight excluding hydrogens is 474 g/mol. The monoisotopic (exact) mass is 504 g/mol. The lowest BCUT2D eigenvalue weighted by molar-refractivity contribution is -0.117. The van der Waals surface area contributed by atoms with Gasteiger partial charge in [-0.15, -0.1) is 0 Å². The third kappa shape index (κ3) is 7.01. The average Bonchev–Trinajstić information content (AvgIpc) is 3.66. The number of aromatic amines is 1. The molecule has 1 heterocycles. The zero-order valence-corrected chi connectivity index (χ0v) is 21.1. The van der Waals surface area contributed by atoms with Crippen LogP contribution in [0, 0.1) is 17.6 Å². The van der Waals surface area contributed by atoms with Crippen molar-refractivity contribution in [3.05, 3.63) is 89.1 Å². The number of carbonyl (C=O) groups is 1. The lowest BCUT2D eigenvalue weighted by Crippen LogP contribution is -2.13. The van der Waals surface area contributed by atoms with Crippen LogP contribution in [0.25, 0.3) is 23.1 Å². The van der Waals surface area contributed by atoms with Crippen LogP contribution in [0.15, 0.2) is 60.7 Å². The summed E-state index contributed by atoms with van der Waals surface area (Å²) in [4.78, 5) is 13.1. The molecule has 0 radical (unpaired) electrons. The highest BCUT2D eigenvalue weighted by atomic mass is 19.1. The highest BCUT2D eigenvalue weighted by Gasteiger charge is 2.29. The molecule has 6 nitrogen and oxygen atoms in total. The van der Waals surface area contributed by atoms with E-state index >= 15 is 0 Å². The number of H-pyrrole nitrogens is 1. The molecule has 1 aliphatic carbocycles. The number of hydrogen-bond donors (Lipinski definition) is 2. The molecule has 1 aliphatic rings. The van der Waals surface area contributed by atoms with Crippen LogP contribution in [-0.4, -0.2) is 42.2 Å². The average molecular weight is 505 g/mol. The van der Waals surface area contributed by atoms with Crippen molar-refractivity contribution in [1.29, 1.82) is 0 Å². The molecule has 0 bridgehead atoms. The second-order valence-corrected chi connectivity index (χ2v) is 9.18. The zero-order valence-electron chi connectivity index (χ0n) is 21.1. The topological polar surface area (TPSA) is 70.2 Å². The number of benzene rings is 3. The number of carbonyl (C=O) groups excluding carboxylic acids is 1. The van der Waals surface area contributed by atoms with Gasteiger partial charge in [0.25, 0.3) is 0 Å². The van der Waals surface area contributed by atoms with Crippen molar-refractivity contribution in [2.45, 2.75) is 19.4 Å². The van der Waals surface area contributed by atoms with E-state index in [9.17, 15) is 13.6 Å². The summed E-state index contributed by atoms with van der Waals surface area (Å²) in [5, 5.41) is 11.0. The summed E-state index contributed by atoms with van der Waals surface area (Å²) in [5.74, 6) is 0.108. The van der Waals surface area contributed by atoms with E-state index in [-0.39, 0.29) is 23.9 Å². The van der Waals surface area contributed by atoms with Crippen molar-refractivity contribution in [2.24, 2.45) is 5.92 Å². The fourth-order valence-electron chi connectivity index (χ4n) is 3.74. The molecule has 1 aromatic heterocycles. The van der Waals surface area contributed by atoms with Crippen molar-refractivity contribution in [2.75, 3.05) is 26.5 Å². The van der Waals surface area contributed by atoms with Crippen LogP contribution in [0.4, 0.5) is 14.5 Å². The molecule has 1 fully saturated rings. The number of rotatable bonds is 7. The number of anilines is 1. The van der Waals surface area contributed by atoms with Crippen molar-refractivity contribution >= 4 is 34.6 Å². The van der Waals surface area contributed by atoms with Crippen LogP contribution in [0.2, 0.25) is 0 Å². The maximum absolute atomic E-state index is 14.1. The summed E-state index contributed by atoms with van der Waals surface area (Å²) >= 11 is 0. The predicted octanol–water partition coefficient (Wildman–Crippen LogP) is 6.12. The maximum atomic E-state index is 14.1. The number of fused-ring (bicyclic) bond motifs is 1. The van der Waals surface area contributed by atoms with Crippen LogP contribution < -0.4 is 10.1 Å². The minimum atomic E-state index is -0.537. The van der Waals surface area contributed by atoms with Crippen molar-refractivity contribution in [1.82, 2.24) is 15.1 Å². The van der Waals surface area contributed by atoms with Gasteiger partial charge in [0.05, 0.1) is 18.3 Å². The lowest BCUT2D eigenvalue weighted by Gasteiger charge is -2.12. The summed E-state index contributed by atoms with van der Waals surface area (Å²) in [6.07, 6.45) is 5.47. The van der Waals surface area contributed by atoms with Gasteiger partial charge in [-0.05, 0) is 81.0 Å². The minimum absolute atomic E-state index is 0.0809. The maximum Gasteiger partial charge on any atom is 0.227 e. The first-order chi connectivity index (χ1) is 17.8. The van der Waals surface area contributed by atoms with Gasteiger partial charge in [-0.3, -0.25) is 9.89 Å². The van der Waals surface area contributed by atoms with Gasteiger partial charge in [-0.1, -0.05) is 24.3 Å². The van der Waals surface area contributed by atoms with E-state index in [0.717, 1.165) is 40.9 Å². The van der Waals surface area contributed by atoms with Crippen molar-refractivity contribution < 1.29 is 18.3 Å². The Morgan fingerprint density at radius 2 is 1.76 bits per heavy atom. The van der Waals surface area contributed by atoms with E-state index in [1.165, 1.54) is 12.1 Å². The van der Waals surface area contributed by atoms with Gasteiger partial charge in [-0.25, -0.2) is 8.78 Å². The van der Waals surface area contributed by atoms with Gasteiger partial charge in [0.1, 0.15) is 17.4 Å². The number of aromatic nitrogens is 2. The molecule has 0 aliphatic heterocycles. The van der Waals surface area contributed by atoms with E-state index in [2.05, 4.69) is 15.5 Å². The Bertz CT molecular complexity index is 1370. The molecule has 8 heteroatoms. The molecule has 0 spiro atoms. The second kappa shape index (κ2) is 11.8. The fourth-order valence-corrected chi connectivity index (χ4v) is 3.74. The van der Waals surface area contributed by atoms with Crippen LogP contribution in [0.1, 0.15) is 29.7 Å². The first kappa shape index (κ1) is 26.0. The lowest BCUT2D eigenvalue weighted by atomic mass is 10.1. The van der Waals surface area contributed by atoms with Crippen molar-refractivity contribution in [3.8, 4) is 5.75 Å². The second-order valence-electron chi connectivity index (χ2n) is 9.18. The Hall–Kier alpha value is -4.04. The first-order valence-electron chi connectivity index (χ1n) is 12.0. The van der Waals surface area contributed by atoms with E-state index in [4.69, 9.17) is 4.74 Å². The smallest absolute Gasteiger partial charge is 0.227 e. The molecular formula is C29H30F2N4O2.